The number of likely N-dealkylation sites (tertiary alicyclic amines) is 1. The number of hydrogen-bond acceptors (Lipinski definition) is 3. The van der Waals surface area contributed by atoms with E-state index in [9.17, 15) is 13.6 Å². The number of benzene rings is 1. The number of carbonyl (C=O) groups excluding carboxylic acids is 1. The minimum absolute atomic E-state index is 0.136. The van der Waals surface area contributed by atoms with Gasteiger partial charge in [-0.15, -0.1) is 0 Å². The summed E-state index contributed by atoms with van der Waals surface area (Å²) >= 11 is 0. The van der Waals surface area contributed by atoms with Crippen molar-refractivity contribution in [2.75, 3.05) is 6.54 Å². The fourth-order valence-electron chi connectivity index (χ4n) is 2.64. The molecular weight excluding hydrogens is 278 g/mol. The number of rotatable bonds is 2. The largest absolute Gasteiger partial charge is 0.359 e. The molecule has 0 bridgehead atoms. The van der Waals surface area contributed by atoms with Gasteiger partial charge in [0, 0.05) is 18.2 Å². The predicted octanol–water partition coefficient (Wildman–Crippen LogP) is 3.24. The molecule has 0 aliphatic carbocycles. The van der Waals surface area contributed by atoms with Gasteiger partial charge in [0.15, 0.2) is 17.4 Å². The summed E-state index contributed by atoms with van der Waals surface area (Å²) in [6.45, 7) is 2.37. The molecule has 21 heavy (non-hydrogen) atoms. The summed E-state index contributed by atoms with van der Waals surface area (Å²) in [5, 5.41) is 3.83. The number of hydrogen-bond donors (Lipinski definition) is 0. The SMILES string of the molecule is Cc1cc([C@@H]2CCCN2C(=O)c2ccc(F)c(F)c2)on1. The van der Waals surface area contributed by atoms with E-state index in [4.69, 9.17) is 4.52 Å². The predicted molar refractivity (Wildman–Crippen MR) is 70.6 cm³/mol. The van der Waals surface area contributed by atoms with Gasteiger partial charge in [-0.2, -0.15) is 0 Å². The molecule has 3 rings (SSSR count). The average molecular weight is 292 g/mol. The molecular formula is C15H14F2N2O2. The lowest BCUT2D eigenvalue weighted by molar-refractivity contribution is 0.0714. The second kappa shape index (κ2) is 5.27. The van der Waals surface area contributed by atoms with Gasteiger partial charge in [0.2, 0.25) is 0 Å². The molecule has 2 heterocycles. The molecule has 1 aliphatic rings. The Morgan fingerprint density at radius 2 is 2.14 bits per heavy atom. The first-order valence-electron chi connectivity index (χ1n) is 6.75. The molecule has 0 unspecified atom stereocenters. The molecule has 0 N–H and O–H groups in total. The monoisotopic (exact) mass is 292 g/mol. The van der Waals surface area contributed by atoms with Crippen LogP contribution in [0.4, 0.5) is 8.78 Å². The van der Waals surface area contributed by atoms with Gasteiger partial charge in [-0.3, -0.25) is 4.79 Å². The quantitative estimate of drug-likeness (QED) is 0.853. The van der Waals surface area contributed by atoms with Crippen LogP contribution in [0.2, 0.25) is 0 Å². The lowest BCUT2D eigenvalue weighted by atomic mass is 10.1. The first-order chi connectivity index (χ1) is 10.1. The van der Waals surface area contributed by atoms with E-state index in [1.54, 1.807) is 11.0 Å². The molecule has 0 radical (unpaired) electrons. The van der Waals surface area contributed by atoms with Crippen molar-refractivity contribution in [1.29, 1.82) is 0 Å². The molecule has 4 nitrogen and oxygen atoms in total. The number of aromatic nitrogens is 1. The summed E-state index contributed by atoms with van der Waals surface area (Å²) in [5.74, 6) is -1.69. The lowest BCUT2D eigenvalue weighted by Gasteiger charge is -2.22. The van der Waals surface area contributed by atoms with E-state index in [1.807, 2.05) is 6.92 Å². The van der Waals surface area contributed by atoms with E-state index in [0.29, 0.717) is 12.3 Å². The van der Waals surface area contributed by atoms with Crippen LogP contribution in [0.3, 0.4) is 0 Å². The zero-order valence-electron chi connectivity index (χ0n) is 11.5. The molecule has 110 valence electrons. The smallest absolute Gasteiger partial charge is 0.254 e. The van der Waals surface area contributed by atoms with Crippen molar-refractivity contribution >= 4 is 5.91 Å². The van der Waals surface area contributed by atoms with E-state index < -0.39 is 11.6 Å². The highest BCUT2D eigenvalue weighted by molar-refractivity contribution is 5.94. The fraction of sp³-hybridized carbons (Fsp3) is 0.333. The van der Waals surface area contributed by atoms with Crippen LogP contribution < -0.4 is 0 Å². The molecule has 1 aliphatic heterocycles. The van der Waals surface area contributed by atoms with Crippen molar-refractivity contribution in [3.63, 3.8) is 0 Å². The number of aryl methyl sites for hydroxylation is 1. The first kappa shape index (κ1) is 13.7. The van der Waals surface area contributed by atoms with Crippen LogP contribution in [-0.4, -0.2) is 22.5 Å². The highest BCUT2D eigenvalue weighted by Crippen LogP contribution is 2.33. The van der Waals surface area contributed by atoms with Crippen LogP contribution >= 0.6 is 0 Å². The van der Waals surface area contributed by atoms with E-state index in [2.05, 4.69) is 5.16 Å². The number of amides is 1. The lowest BCUT2D eigenvalue weighted by Crippen LogP contribution is -2.30. The van der Waals surface area contributed by atoms with E-state index in [1.165, 1.54) is 6.07 Å². The van der Waals surface area contributed by atoms with Crippen molar-refractivity contribution in [2.45, 2.75) is 25.8 Å². The molecule has 0 spiro atoms. The topological polar surface area (TPSA) is 46.3 Å². The van der Waals surface area contributed by atoms with Crippen LogP contribution in [-0.2, 0) is 0 Å². The molecule has 1 aromatic heterocycles. The standard InChI is InChI=1S/C15H14F2N2O2/c1-9-7-14(21-18-9)13-3-2-6-19(13)15(20)10-4-5-11(16)12(17)8-10/h4-5,7-8,13H,2-3,6H2,1H3/t13-/m0/s1. The van der Waals surface area contributed by atoms with E-state index in [0.717, 1.165) is 30.7 Å². The summed E-state index contributed by atoms with van der Waals surface area (Å²) in [5.41, 5.74) is 0.883. The number of carbonyl (C=O) groups is 1. The average Bonchev–Trinajstić information content (AvgIpc) is 3.09. The molecule has 1 saturated heterocycles. The Labute approximate surface area is 120 Å². The van der Waals surface area contributed by atoms with Gasteiger partial charge in [-0.05, 0) is 38.0 Å². The Morgan fingerprint density at radius 1 is 1.33 bits per heavy atom. The molecule has 6 heteroatoms. The van der Waals surface area contributed by atoms with Gasteiger partial charge in [-0.25, -0.2) is 8.78 Å². The Balaban J connectivity index is 1.87. The minimum atomic E-state index is -1.02. The maximum atomic E-state index is 13.3. The number of halogens is 2. The highest BCUT2D eigenvalue weighted by atomic mass is 19.2. The molecule has 1 amide bonds. The third-order valence-corrected chi connectivity index (χ3v) is 3.65. The molecule has 1 fully saturated rings. The summed E-state index contributed by atoms with van der Waals surface area (Å²) < 4.78 is 31.5. The Hall–Kier alpha value is -2.24. The second-order valence-corrected chi connectivity index (χ2v) is 5.16. The van der Waals surface area contributed by atoms with Crippen LogP contribution in [0.25, 0.3) is 0 Å². The van der Waals surface area contributed by atoms with Crippen LogP contribution in [0.1, 0.15) is 40.7 Å². The minimum Gasteiger partial charge on any atom is -0.359 e. The van der Waals surface area contributed by atoms with Crippen molar-refractivity contribution in [2.24, 2.45) is 0 Å². The van der Waals surface area contributed by atoms with Gasteiger partial charge >= 0.3 is 0 Å². The Kier molecular flexibility index (Phi) is 3.45. The highest BCUT2D eigenvalue weighted by Gasteiger charge is 2.33. The van der Waals surface area contributed by atoms with Gasteiger partial charge in [-0.1, -0.05) is 5.16 Å². The number of nitrogens with zero attached hydrogens (tertiary/aromatic N) is 2. The Morgan fingerprint density at radius 3 is 2.81 bits per heavy atom. The van der Waals surface area contributed by atoms with Gasteiger partial charge in [0.25, 0.3) is 5.91 Å². The van der Waals surface area contributed by atoms with Gasteiger partial charge in [0.1, 0.15) is 0 Å². The Bertz CT molecular complexity index is 684. The summed E-state index contributed by atoms with van der Waals surface area (Å²) in [7, 11) is 0. The van der Waals surface area contributed by atoms with Crippen molar-refractivity contribution in [3.8, 4) is 0 Å². The third kappa shape index (κ3) is 2.53. The van der Waals surface area contributed by atoms with Crippen LogP contribution in [0.15, 0.2) is 28.8 Å². The second-order valence-electron chi connectivity index (χ2n) is 5.16. The van der Waals surface area contributed by atoms with Crippen molar-refractivity contribution in [3.05, 3.63) is 52.9 Å². The maximum absolute atomic E-state index is 13.3. The van der Waals surface area contributed by atoms with E-state index >= 15 is 0 Å². The van der Waals surface area contributed by atoms with Gasteiger partial charge in [0.05, 0.1) is 11.7 Å². The normalized spacial score (nSPS) is 18.2. The molecule has 0 saturated carbocycles. The van der Waals surface area contributed by atoms with Crippen molar-refractivity contribution < 1.29 is 18.1 Å². The zero-order chi connectivity index (χ0) is 15.0. The molecule has 1 atom stereocenters. The zero-order valence-corrected chi connectivity index (χ0v) is 11.5. The molecule has 1 aromatic carbocycles. The maximum Gasteiger partial charge on any atom is 0.254 e. The molecule has 2 aromatic rings. The van der Waals surface area contributed by atoms with Crippen LogP contribution in [0.5, 0.6) is 0 Å². The summed E-state index contributed by atoms with van der Waals surface area (Å²) in [4.78, 5) is 14.1. The third-order valence-electron chi connectivity index (χ3n) is 3.65. The van der Waals surface area contributed by atoms with E-state index in [-0.39, 0.29) is 17.5 Å². The van der Waals surface area contributed by atoms with Crippen LogP contribution in [0, 0.1) is 18.6 Å². The summed E-state index contributed by atoms with van der Waals surface area (Å²) in [6, 6.07) is 4.78. The first-order valence-corrected chi connectivity index (χ1v) is 6.75. The fourth-order valence-corrected chi connectivity index (χ4v) is 2.64. The van der Waals surface area contributed by atoms with Crippen molar-refractivity contribution in [1.82, 2.24) is 10.1 Å². The van der Waals surface area contributed by atoms with Gasteiger partial charge < -0.3 is 9.42 Å². The summed E-state index contributed by atoms with van der Waals surface area (Å²) in [6.07, 6.45) is 1.60.